The highest BCUT2D eigenvalue weighted by Gasteiger charge is 2.25. The van der Waals surface area contributed by atoms with Crippen LogP contribution in [0.4, 0.5) is 0 Å². The molecular formula is C17H20N4O4. The van der Waals surface area contributed by atoms with Crippen molar-refractivity contribution >= 4 is 11.8 Å². The number of carbonyl (C=O) groups is 2. The summed E-state index contributed by atoms with van der Waals surface area (Å²) in [5.74, 6) is -0.740. The molecule has 1 fully saturated rings. The monoisotopic (exact) mass is 344 g/mol. The average molecular weight is 344 g/mol. The van der Waals surface area contributed by atoms with E-state index in [1.807, 2.05) is 18.2 Å². The number of hydrogen-bond donors (Lipinski definition) is 1. The molecule has 1 saturated heterocycles. The van der Waals surface area contributed by atoms with Crippen molar-refractivity contribution in [1.82, 2.24) is 14.7 Å². The van der Waals surface area contributed by atoms with Gasteiger partial charge in [-0.3, -0.25) is 9.59 Å². The molecule has 0 saturated carbocycles. The minimum Gasteiger partial charge on any atom is -0.388 e. The zero-order valence-electron chi connectivity index (χ0n) is 13.8. The van der Waals surface area contributed by atoms with Crippen molar-refractivity contribution in [1.29, 1.82) is 0 Å². The highest BCUT2D eigenvalue weighted by atomic mass is 16.4. The van der Waals surface area contributed by atoms with Crippen molar-refractivity contribution in [3.8, 4) is 11.5 Å². The SMILES string of the molecule is NC(=O)CC1CCN(C(=O)Cn2nc(-c3ccccc3)oc2=O)CC1. The molecule has 2 aromatic rings. The minimum atomic E-state index is -0.657. The Morgan fingerprint density at radius 1 is 1.20 bits per heavy atom. The third-order valence-corrected chi connectivity index (χ3v) is 4.37. The third kappa shape index (κ3) is 4.14. The Balaban J connectivity index is 1.61. The molecule has 1 aliphatic heterocycles. The summed E-state index contributed by atoms with van der Waals surface area (Å²) in [6.07, 6.45) is 1.82. The van der Waals surface area contributed by atoms with Crippen molar-refractivity contribution in [2.24, 2.45) is 11.7 Å². The molecule has 1 aliphatic rings. The fourth-order valence-electron chi connectivity index (χ4n) is 3.00. The molecule has 0 spiro atoms. The molecule has 0 unspecified atom stereocenters. The van der Waals surface area contributed by atoms with Crippen LogP contribution in [-0.2, 0) is 16.1 Å². The molecule has 0 radical (unpaired) electrons. The second kappa shape index (κ2) is 7.33. The van der Waals surface area contributed by atoms with Gasteiger partial charge in [-0.05, 0) is 30.9 Å². The lowest BCUT2D eigenvalue weighted by Gasteiger charge is -2.31. The summed E-state index contributed by atoms with van der Waals surface area (Å²) in [6.45, 7) is 0.944. The Bertz CT molecular complexity index is 804. The largest absolute Gasteiger partial charge is 0.437 e. The van der Waals surface area contributed by atoms with Crippen LogP contribution in [0, 0.1) is 5.92 Å². The molecule has 0 bridgehead atoms. The molecule has 8 heteroatoms. The van der Waals surface area contributed by atoms with Crippen LogP contribution in [0.5, 0.6) is 0 Å². The normalized spacial score (nSPS) is 15.3. The molecule has 0 atom stereocenters. The first-order valence-corrected chi connectivity index (χ1v) is 8.22. The van der Waals surface area contributed by atoms with Gasteiger partial charge >= 0.3 is 5.76 Å². The first-order valence-electron chi connectivity index (χ1n) is 8.22. The van der Waals surface area contributed by atoms with E-state index in [1.54, 1.807) is 17.0 Å². The van der Waals surface area contributed by atoms with Crippen LogP contribution in [0.1, 0.15) is 19.3 Å². The number of nitrogens with two attached hydrogens (primary N) is 1. The van der Waals surface area contributed by atoms with Gasteiger partial charge in [-0.1, -0.05) is 18.2 Å². The first-order chi connectivity index (χ1) is 12.0. The smallest absolute Gasteiger partial charge is 0.388 e. The van der Waals surface area contributed by atoms with Crippen LogP contribution < -0.4 is 11.5 Å². The fraction of sp³-hybridized carbons (Fsp3) is 0.412. The van der Waals surface area contributed by atoms with Gasteiger partial charge in [0.25, 0.3) is 0 Å². The van der Waals surface area contributed by atoms with Crippen molar-refractivity contribution in [3.05, 3.63) is 40.9 Å². The second-order valence-electron chi connectivity index (χ2n) is 6.19. The van der Waals surface area contributed by atoms with Crippen LogP contribution in [0.3, 0.4) is 0 Å². The zero-order valence-corrected chi connectivity index (χ0v) is 13.8. The van der Waals surface area contributed by atoms with Crippen molar-refractivity contribution in [3.63, 3.8) is 0 Å². The van der Waals surface area contributed by atoms with Gasteiger partial charge in [-0.15, -0.1) is 5.10 Å². The number of benzene rings is 1. The number of hydrogen-bond acceptors (Lipinski definition) is 5. The number of carbonyl (C=O) groups excluding carboxylic acids is 2. The summed E-state index contributed by atoms with van der Waals surface area (Å²) >= 11 is 0. The number of amides is 2. The summed E-state index contributed by atoms with van der Waals surface area (Å²) < 4.78 is 6.17. The maximum Gasteiger partial charge on any atom is 0.437 e. The lowest BCUT2D eigenvalue weighted by Crippen LogP contribution is -2.42. The quantitative estimate of drug-likeness (QED) is 0.854. The van der Waals surface area contributed by atoms with Gasteiger partial charge in [0.15, 0.2) is 0 Å². The number of likely N-dealkylation sites (tertiary alicyclic amines) is 1. The van der Waals surface area contributed by atoms with Gasteiger partial charge in [-0.25, -0.2) is 4.79 Å². The van der Waals surface area contributed by atoms with Gasteiger partial charge in [0, 0.05) is 25.1 Å². The highest BCUT2D eigenvalue weighted by molar-refractivity contribution is 5.76. The second-order valence-corrected chi connectivity index (χ2v) is 6.19. The maximum absolute atomic E-state index is 12.4. The molecule has 132 valence electrons. The van der Waals surface area contributed by atoms with E-state index < -0.39 is 5.76 Å². The zero-order chi connectivity index (χ0) is 17.8. The topological polar surface area (TPSA) is 111 Å². The van der Waals surface area contributed by atoms with E-state index in [2.05, 4.69) is 5.10 Å². The number of aromatic nitrogens is 2. The van der Waals surface area contributed by atoms with Gasteiger partial charge in [0.05, 0.1) is 0 Å². The lowest BCUT2D eigenvalue weighted by molar-refractivity contribution is -0.133. The van der Waals surface area contributed by atoms with E-state index in [4.69, 9.17) is 10.2 Å². The Morgan fingerprint density at radius 2 is 1.88 bits per heavy atom. The molecule has 1 aromatic heterocycles. The molecule has 2 heterocycles. The molecule has 25 heavy (non-hydrogen) atoms. The standard InChI is InChI=1S/C17H20N4O4/c18-14(22)10-12-6-8-20(9-7-12)15(23)11-21-17(24)25-16(19-21)13-4-2-1-3-5-13/h1-5,12H,6-11H2,(H2,18,22). The molecule has 8 nitrogen and oxygen atoms in total. The number of nitrogens with zero attached hydrogens (tertiary/aromatic N) is 3. The molecule has 2 amide bonds. The van der Waals surface area contributed by atoms with E-state index in [0.717, 1.165) is 17.5 Å². The number of piperidine rings is 1. The van der Waals surface area contributed by atoms with E-state index in [9.17, 15) is 14.4 Å². The van der Waals surface area contributed by atoms with Crippen LogP contribution in [0.15, 0.2) is 39.5 Å². The fourth-order valence-corrected chi connectivity index (χ4v) is 3.00. The lowest BCUT2D eigenvalue weighted by atomic mass is 9.93. The minimum absolute atomic E-state index is 0.157. The summed E-state index contributed by atoms with van der Waals surface area (Å²) in [5, 5.41) is 4.10. The van der Waals surface area contributed by atoms with Gasteiger partial charge in [-0.2, -0.15) is 4.68 Å². The number of rotatable bonds is 5. The van der Waals surface area contributed by atoms with Crippen molar-refractivity contribution in [2.45, 2.75) is 25.8 Å². The summed E-state index contributed by atoms with van der Waals surface area (Å²) in [5.41, 5.74) is 5.89. The summed E-state index contributed by atoms with van der Waals surface area (Å²) in [6, 6.07) is 9.04. The van der Waals surface area contributed by atoms with Gasteiger partial charge in [0.1, 0.15) is 6.54 Å². The van der Waals surface area contributed by atoms with Crippen molar-refractivity contribution < 1.29 is 14.0 Å². The van der Waals surface area contributed by atoms with Crippen LogP contribution in [0.2, 0.25) is 0 Å². The molecule has 3 rings (SSSR count). The molecular weight excluding hydrogens is 324 g/mol. The Hall–Kier alpha value is -2.90. The van der Waals surface area contributed by atoms with E-state index in [-0.39, 0.29) is 30.2 Å². The Morgan fingerprint density at radius 3 is 2.52 bits per heavy atom. The van der Waals surface area contributed by atoms with Gasteiger partial charge in [0.2, 0.25) is 17.7 Å². The summed E-state index contributed by atoms with van der Waals surface area (Å²) in [4.78, 5) is 37.0. The third-order valence-electron chi connectivity index (χ3n) is 4.37. The highest BCUT2D eigenvalue weighted by Crippen LogP contribution is 2.20. The predicted molar refractivity (Wildman–Crippen MR) is 89.3 cm³/mol. The van der Waals surface area contributed by atoms with Crippen LogP contribution in [-0.4, -0.2) is 39.6 Å². The maximum atomic E-state index is 12.4. The molecule has 1 aromatic carbocycles. The summed E-state index contributed by atoms with van der Waals surface area (Å²) in [7, 11) is 0. The molecule has 2 N–H and O–H groups in total. The Kier molecular flexibility index (Phi) is 4.97. The Labute approximate surface area is 144 Å². The van der Waals surface area contributed by atoms with Gasteiger partial charge < -0.3 is 15.1 Å². The predicted octanol–water partition coefficient (Wildman–Crippen LogP) is 0.617. The van der Waals surface area contributed by atoms with E-state index in [0.29, 0.717) is 25.1 Å². The number of primary amides is 1. The first kappa shape index (κ1) is 16.9. The van der Waals surface area contributed by atoms with E-state index >= 15 is 0 Å². The van der Waals surface area contributed by atoms with Crippen LogP contribution in [0.25, 0.3) is 11.5 Å². The van der Waals surface area contributed by atoms with Crippen LogP contribution >= 0.6 is 0 Å². The molecule has 0 aliphatic carbocycles. The van der Waals surface area contributed by atoms with E-state index in [1.165, 1.54) is 0 Å². The van der Waals surface area contributed by atoms with Crippen molar-refractivity contribution in [2.75, 3.05) is 13.1 Å². The average Bonchev–Trinajstić information content (AvgIpc) is 2.96.